The number of rotatable bonds is 21. The van der Waals surface area contributed by atoms with Crippen LogP contribution in [0.4, 0.5) is 5.69 Å². The quantitative estimate of drug-likeness (QED) is 0.246. The summed E-state index contributed by atoms with van der Waals surface area (Å²) in [5.41, 5.74) is 4.20. The van der Waals surface area contributed by atoms with Crippen molar-refractivity contribution in [1.82, 2.24) is 0 Å². The summed E-state index contributed by atoms with van der Waals surface area (Å²) in [5.74, 6) is -0.243. The lowest BCUT2D eigenvalue weighted by molar-refractivity contribution is -0.121. The van der Waals surface area contributed by atoms with E-state index in [1.807, 2.05) is 24.3 Å². The molecule has 0 heterocycles. The number of aliphatic hydroxyl groups excluding tert-OH is 1. The van der Waals surface area contributed by atoms with Gasteiger partial charge in [-0.25, -0.2) is 0 Å². The van der Waals surface area contributed by atoms with Crippen molar-refractivity contribution in [2.24, 2.45) is 0 Å². The van der Waals surface area contributed by atoms with Crippen LogP contribution in [0.1, 0.15) is 36.0 Å². The van der Waals surface area contributed by atoms with E-state index in [1.54, 1.807) is 7.11 Å². The monoisotopic (exact) mass is 515 g/mol. The van der Waals surface area contributed by atoms with E-state index in [4.69, 9.17) is 24.1 Å². The van der Waals surface area contributed by atoms with Gasteiger partial charge in [-0.2, -0.15) is 0 Å². The number of anilines is 1. The second kappa shape index (κ2) is 19.5. The molecule has 2 aromatic carbocycles. The lowest BCUT2D eigenvalue weighted by Crippen LogP contribution is -2.16. The largest absolute Gasteiger partial charge is 0.389 e. The number of carbonyl (C=O) groups excluding carboxylic acids is 2. The van der Waals surface area contributed by atoms with Crippen LogP contribution >= 0.6 is 0 Å². The summed E-state index contributed by atoms with van der Waals surface area (Å²) in [6.45, 7) is 3.02. The maximum Gasteiger partial charge on any atom is 0.226 e. The molecule has 0 spiro atoms. The molecule has 2 rings (SSSR count). The summed E-state index contributed by atoms with van der Waals surface area (Å²) in [6.07, 6.45) is 4.68. The van der Waals surface area contributed by atoms with Crippen LogP contribution in [-0.4, -0.2) is 76.8 Å². The number of hydrogen-bond donors (Lipinski definition) is 2. The highest BCUT2D eigenvalue weighted by atomic mass is 16.6. The molecule has 8 heteroatoms. The second-order valence-electron chi connectivity index (χ2n) is 8.72. The van der Waals surface area contributed by atoms with Crippen LogP contribution in [0.3, 0.4) is 0 Å². The van der Waals surface area contributed by atoms with Gasteiger partial charge in [0.25, 0.3) is 0 Å². The van der Waals surface area contributed by atoms with Crippen LogP contribution in [0.2, 0.25) is 0 Å². The predicted molar refractivity (Wildman–Crippen MR) is 143 cm³/mol. The van der Waals surface area contributed by atoms with Crippen molar-refractivity contribution in [2.75, 3.05) is 65.3 Å². The third-order valence-corrected chi connectivity index (χ3v) is 5.67. The first-order valence-corrected chi connectivity index (χ1v) is 12.9. The van der Waals surface area contributed by atoms with E-state index in [9.17, 15) is 9.59 Å². The van der Waals surface area contributed by atoms with Crippen LogP contribution in [0.5, 0.6) is 0 Å². The van der Waals surface area contributed by atoms with Gasteiger partial charge in [0.1, 0.15) is 6.61 Å². The molecule has 0 aliphatic carbocycles. The highest BCUT2D eigenvalue weighted by molar-refractivity contribution is 5.90. The molecule has 0 aromatic heterocycles. The van der Waals surface area contributed by atoms with E-state index in [0.717, 1.165) is 36.9 Å². The van der Waals surface area contributed by atoms with Crippen LogP contribution < -0.4 is 5.32 Å². The third kappa shape index (κ3) is 14.6. The minimum Gasteiger partial charge on any atom is -0.389 e. The first-order chi connectivity index (χ1) is 18.1. The molecule has 1 amide bonds. The lowest BCUT2D eigenvalue weighted by Gasteiger charge is -2.08. The Labute approximate surface area is 220 Å². The number of Topliss-reactive ketones (excluding diaryl/α,β-unsaturated/α-hetero) is 1. The molecule has 0 saturated heterocycles. The van der Waals surface area contributed by atoms with Gasteiger partial charge in [0, 0.05) is 19.2 Å². The average Bonchev–Trinajstić information content (AvgIpc) is 2.91. The standard InChI is InChI=1S/C29H41NO7/c1-34-16-17-36-20-21-37-19-18-35-15-14-29(33)30-27-12-10-25(11-13-27)5-3-2-4-24-6-8-26(9-7-24)22-28(32)23-31/h6-13,31H,2-5,14-23H2,1H3,(H,30,33). The zero-order valence-electron chi connectivity index (χ0n) is 21.9. The number of ether oxygens (including phenoxy) is 4. The van der Waals surface area contributed by atoms with E-state index in [-0.39, 0.29) is 18.1 Å². The Hall–Kier alpha value is -2.62. The topological polar surface area (TPSA) is 103 Å². The van der Waals surface area contributed by atoms with E-state index in [1.165, 1.54) is 11.1 Å². The SMILES string of the molecule is COCCOCCOCCOCCC(=O)Nc1ccc(CCCCc2ccc(CC(=O)CO)cc2)cc1. The molecule has 0 aliphatic rings. The van der Waals surface area contributed by atoms with E-state index >= 15 is 0 Å². The Kier molecular flexibility index (Phi) is 16.1. The Morgan fingerprint density at radius 2 is 1.19 bits per heavy atom. The Balaban J connectivity index is 1.51. The molecular weight excluding hydrogens is 474 g/mol. The van der Waals surface area contributed by atoms with Crippen molar-refractivity contribution >= 4 is 17.4 Å². The van der Waals surface area contributed by atoms with Gasteiger partial charge < -0.3 is 29.4 Å². The number of methoxy groups -OCH3 is 1. The molecule has 0 fully saturated rings. The summed E-state index contributed by atoms with van der Waals surface area (Å²) in [4.78, 5) is 23.4. The Morgan fingerprint density at radius 1 is 0.703 bits per heavy atom. The predicted octanol–water partition coefficient (Wildman–Crippen LogP) is 3.38. The van der Waals surface area contributed by atoms with E-state index in [0.29, 0.717) is 52.7 Å². The first kappa shape index (κ1) is 30.6. The van der Waals surface area contributed by atoms with E-state index < -0.39 is 6.61 Å². The number of unbranched alkanes of at least 4 members (excludes halogenated alkanes) is 1. The molecule has 0 atom stereocenters. The summed E-state index contributed by atoms with van der Waals surface area (Å²) < 4.78 is 21.0. The van der Waals surface area contributed by atoms with Crippen LogP contribution in [0.15, 0.2) is 48.5 Å². The maximum atomic E-state index is 12.1. The first-order valence-electron chi connectivity index (χ1n) is 12.9. The molecule has 8 nitrogen and oxygen atoms in total. The minimum absolute atomic E-state index is 0.0769. The molecule has 37 heavy (non-hydrogen) atoms. The number of ketones is 1. The molecule has 0 aliphatic heterocycles. The van der Waals surface area contributed by atoms with Gasteiger partial charge in [0.15, 0.2) is 5.78 Å². The fourth-order valence-electron chi connectivity index (χ4n) is 3.59. The summed E-state index contributed by atoms with van der Waals surface area (Å²) in [7, 11) is 1.63. The number of aryl methyl sites for hydroxylation is 2. The Bertz CT molecular complexity index is 884. The van der Waals surface area contributed by atoms with Crippen molar-refractivity contribution in [3.05, 3.63) is 65.2 Å². The number of benzene rings is 2. The van der Waals surface area contributed by atoms with Crippen molar-refractivity contribution in [1.29, 1.82) is 0 Å². The minimum atomic E-state index is -0.408. The molecule has 2 N–H and O–H groups in total. The zero-order valence-corrected chi connectivity index (χ0v) is 21.9. The smallest absolute Gasteiger partial charge is 0.226 e. The Morgan fingerprint density at radius 3 is 1.73 bits per heavy atom. The lowest BCUT2D eigenvalue weighted by atomic mass is 10.0. The molecule has 0 radical (unpaired) electrons. The maximum absolute atomic E-state index is 12.1. The fourth-order valence-corrected chi connectivity index (χ4v) is 3.59. The van der Waals surface area contributed by atoms with Crippen LogP contribution in [0.25, 0.3) is 0 Å². The second-order valence-corrected chi connectivity index (χ2v) is 8.72. The van der Waals surface area contributed by atoms with Gasteiger partial charge in [-0.3, -0.25) is 9.59 Å². The molecule has 204 valence electrons. The van der Waals surface area contributed by atoms with E-state index in [2.05, 4.69) is 29.6 Å². The van der Waals surface area contributed by atoms with Gasteiger partial charge in [-0.1, -0.05) is 36.4 Å². The molecule has 0 unspecified atom stereocenters. The summed E-state index contributed by atoms with van der Waals surface area (Å²) in [6, 6.07) is 16.0. The van der Waals surface area contributed by atoms with Crippen LogP contribution in [-0.2, 0) is 47.8 Å². The normalized spacial score (nSPS) is 11.0. The van der Waals surface area contributed by atoms with Crippen molar-refractivity contribution in [2.45, 2.75) is 38.5 Å². The van der Waals surface area contributed by atoms with Gasteiger partial charge in [-0.15, -0.1) is 0 Å². The summed E-state index contributed by atoms with van der Waals surface area (Å²) >= 11 is 0. The molecular formula is C29H41NO7. The molecule has 2 aromatic rings. The number of amides is 1. The number of carbonyl (C=O) groups is 2. The fraction of sp³-hybridized carbons (Fsp3) is 0.517. The number of hydrogen-bond acceptors (Lipinski definition) is 7. The zero-order chi connectivity index (χ0) is 26.6. The summed E-state index contributed by atoms with van der Waals surface area (Å²) in [5, 5.41) is 11.8. The van der Waals surface area contributed by atoms with Gasteiger partial charge in [0.05, 0.1) is 52.7 Å². The molecule has 0 saturated carbocycles. The van der Waals surface area contributed by atoms with Gasteiger partial charge in [-0.05, 0) is 54.5 Å². The van der Waals surface area contributed by atoms with Gasteiger partial charge in [0.2, 0.25) is 5.91 Å². The number of aliphatic hydroxyl groups is 1. The highest BCUT2D eigenvalue weighted by Gasteiger charge is 2.04. The number of nitrogens with one attached hydrogen (secondary N) is 1. The molecule has 0 bridgehead atoms. The van der Waals surface area contributed by atoms with Crippen molar-refractivity contribution in [3.63, 3.8) is 0 Å². The average molecular weight is 516 g/mol. The van der Waals surface area contributed by atoms with Crippen LogP contribution in [0, 0.1) is 0 Å². The highest BCUT2D eigenvalue weighted by Crippen LogP contribution is 2.14. The van der Waals surface area contributed by atoms with Crippen molar-refractivity contribution in [3.8, 4) is 0 Å². The third-order valence-electron chi connectivity index (χ3n) is 5.67. The van der Waals surface area contributed by atoms with Crippen molar-refractivity contribution < 1.29 is 33.6 Å². The van der Waals surface area contributed by atoms with Gasteiger partial charge >= 0.3 is 0 Å².